The van der Waals surface area contributed by atoms with Gasteiger partial charge in [-0.2, -0.15) is 5.10 Å². The van der Waals surface area contributed by atoms with Gasteiger partial charge in [-0.25, -0.2) is 0 Å². The van der Waals surface area contributed by atoms with Gasteiger partial charge in [0.05, 0.1) is 11.3 Å². The molecule has 2 rings (SSSR count). The molecule has 1 unspecified atom stereocenters. The Hall–Kier alpha value is -2.14. The first-order chi connectivity index (χ1) is 9.51. The minimum absolute atomic E-state index is 0.00947. The average molecular weight is 272 g/mol. The highest BCUT2D eigenvalue weighted by Crippen LogP contribution is 2.16. The van der Waals surface area contributed by atoms with Crippen molar-refractivity contribution in [1.29, 1.82) is 0 Å². The van der Waals surface area contributed by atoms with Crippen LogP contribution >= 0.6 is 0 Å². The molecular weight excluding hydrogens is 252 g/mol. The SMILES string of the molecule is CCc1nn(C)cc1C(=O)Nc1ccc(C(C)N)cc1. The number of hydrogen-bond acceptors (Lipinski definition) is 3. The zero-order chi connectivity index (χ0) is 14.7. The Balaban J connectivity index is 2.14. The van der Waals surface area contributed by atoms with E-state index in [4.69, 9.17) is 5.73 Å². The smallest absolute Gasteiger partial charge is 0.259 e. The Kier molecular flexibility index (Phi) is 4.20. The van der Waals surface area contributed by atoms with E-state index >= 15 is 0 Å². The van der Waals surface area contributed by atoms with Gasteiger partial charge in [0.1, 0.15) is 0 Å². The standard InChI is InChI=1S/C15H20N4O/c1-4-14-13(9-19(3)18-14)15(20)17-12-7-5-11(6-8-12)10(2)16/h5-10H,4,16H2,1-3H3,(H,17,20). The molecule has 0 aliphatic carbocycles. The van der Waals surface area contributed by atoms with Gasteiger partial charge in [0.2, 0.25) is 0 Å². The van der Waals surface area contributed by atoms with E-state index in [1.165, 1.54) is 0 Å². The number of carbonyl (C=O) groups is 1. The highest BCUT2D eigenvalue weighted by atomic mass is 16.1. The fraction of sp³-hybridized carbons (Fsp3) is 0.333. The predicted octanol–water partition coefficient (Wildman–Crippen LogP) is 2.25. The third kappa shape index (κ3) is 3.05. The van der Waals surface area contributed by atoms with Crippen molar-refractivity contribution >= 4 is 11.6 Å². The molecule has 106 valence electrons. The molecule has 1 atom stereocenters. The molecule has 0 fully saturated rings. The molecule has 5 nitrogen and oxygen atoms in total. The molecule has 0 aliphatic rings. The average Bonchev–Trinajstić information content (AvgIpc) is 2.80. The summed E-state index contributed by atoms with van der Waals surface area (Å²) < 4.78 is 1.66. The van der Waals surface area contributed by atoms with Crippen LogP contribution in [-0.4, -0.2) is 15.7 Å². The van der Waals surface area contributed by atoms with Crippen LogP contribution in [0.5, 0.6) is 0 Å². The number of anilines is 1. The molecule has 0 radical (unpaired) electrons. The first-order valence-electron chi connectivity index (χ1n) is 6.70. The summed E-state index contributed by atoms with van der Waals surface area (Å²) in [6.07, 6.45) is 2.47. The van der Waals surface area contributed by atoms with E-state index in [2.05, 4.69) is 10.4 Å². The lowest BCUT2D eigenvalue weighted by molar-refractivity contribution is 0.102. The third-order valence-electron chi connectivity index (χ3n) is 3.18. The van der Waals surface area contributed by atoms with E-state index in [1.54, 1.807) is 10.9 Å². The number of nitrogens with one attached hydrogen (secondary N) is 1. The molecule has 0 saturated carbocycles. The van der Waals surface area contributed by atoms with Crippen LogP contribution in [0.4, 0.5) is 5.69 Å². The molecule has 20 heavy (non-hydrogen) atoms. The lowest BCUT2D eigenvalue weighted by Crippen LogP contribution is -2.13. The highest BCUT2D eigenvalue weighted by Gasteiger charge is 2.14. The minimum Gasteiger partial charge on any atom is -0.324 e. The zero-order valence-corrected chi connectivity index (χ0v) is 12.1. The van der Waals surface area contributed by atoms with Crippen LogP contribution in [0.2, 0.25) is 0 Å². The highest BCUT2D eigenvalue weighted by molar-refractivity contribution is 6.04. The molecule has 1 aromatic heterocycles. The number of aromatic nitrogens is 2. The topological polar surface area (TPSA) is 72.9 Å². The van der Waals surface area contributed by atoms with Crippen LogP contribution < -0.4 is 11.1 Å². The molecule has 0 aliphatic heterocycles. The summed E-state index contributed by atoms with van der Waals surface area (Å²) in [5, 5.41) is 7.15. The van der Waals surface area contributed by atoms with Gasteiger partial charge in [-0.3, -0.25) is 9.48 Å². The third-order valence-corrected chi connectivity index (χ3v) is 3.18. The number of nitrogens with two attached hydrogens (primary N) is 1. The van der Waals surface area contributed by atoms with Gasteiger partial charge in [-0.15, -0.1) is 0 Å². The number of rotatable bonds is 4. The normalized spacial score (nSPS) is 12.2. The Morgan fingerprint density at radius 1 is 1.40 bits per heavy atom. The van der Waals surface area contributed by atoms with Gasteiger partial charge in [0.25, 0.3) is 5.91 Å². The van der Waals surface area contributed by atoms with Crippen LogP contribution in [0, 0.1) is 0 Å². The Bertz CT molecular complexity index is 599. The molecule has 2 aromatic rings. The number of hydrogen-bond donors (Lipinski definition) is 2. The lowest BCUT2D eigenvalue weighted by atomic mass is 10.1. The van der Waals surface area contributed by atoms with E-state index < -0.39 is 0 Å². The fourth-order valence-corrected chi connectivity index (χ4v) is 2.05. The first-order valence-corrected chi connectivity index (χ1v) is 6.70. The van der Waals surface area contributed by atoms with Crippen molar-refractivity contribution < 1.29 is 4.79 Å². The molecule has 3 N–H and O–H groups in total. The van der Waals surface area contributed by atoms with E-state index in [0.717, 1.165) is 23.4 Å². The van der Waals surface area contributed by atoms with Crippen molar-refractivity contribution in [3.05, 3.63) is 47.3 Å². The molecule has 1 amide bonds. The van der Waals surface area contributed by atoms with E-state index in [0.29, 0.717) is 5.56 Å². The summed E-state index contributed by atoms with van der Waals surface area (Å²) in [5.74, 6) is -0.136. The molecule has 0 spiro atoms. The van der Waals surface area contributed by atoms with Crippen LogP contribution in [0.15, 0.2) is 30.5 Å². The zero-order valence-electron chi connectivity index (χ0n) is 12.1. The van der Waals surface area contributed by atoms with Gasteiger partial charge in [0.15, 0.2) is 0 Å². The Morgan fingerprint density at radius 2 is 2.05 bits per heavy atom. The van der Waals surface area contributed by atoms with E-state index in [-0.39, 0.29) is 11.9 Å². The van der Waals surface area contributed by atoms with Crippen LogP contribution in [0.1, 0.15) is 41.5 Å². The predicted molar refractivity (Wildman–Crippen MR) is 79.6 cm³/mol. The second-order valence-corrected chi connectivity index (χ2v) is 4.88. The van der Waals surface area contributed by atoms with Gasteiger partial charge in [-0.05, 0) is 31.0 Å². The summed E-state index contributed by atoms with van der Waals surface area (Å²) in [6.45, 7) is 3.91. The van der Waals surface area contributed by atoms with Gasteiger partial charge < -0.3 is 11.1 Å². The van der Waals surface area contributed by atoms with Gasteiger partial charge in [0, 0.05) is 25.0 Å². The van der Waals surface area contributed by atoms with Crippen molar-refractivity contribution in [3.8, 4) is 0 Å². The van der Waals surface area contributed by atoms with Crippen molar-refractivity contribution in [3.63, 3.8) is 0 Å². The molecular formula is C15H20N4O. The van der Waals surface area contributed by atoms with Crippen molar-refractivity contribution in [2.45, 2.75) is 26.3 Å². The molecule has 0 saturated heterocycles. The first kappa shape index (κ1) is 14.3. The van der Waals surface area contributed by atoms with Crippen molar-refractivity contribution in [2.75, 3.05) is 5.32 Å². The van der Waals surface area contributed by atoms with Crippen LogP contribution in [-0.2, 0) is 13.5 Å². The van der Waals surface area contributed by atoms with E-state index in [1.807, 2.05) is 45.2 Å². The van der Waals surface area contributed by atoms with E-state index in [9.17, 15) is 4.79 Å². The van der Waals surface area contributed by atoms with Gasteiger partial charge in [-0.1, -0.05) is 19.1 Å². The number of benzene rings is 1. The summed E-state index contributed by atoms with van der Waals surface area (Å²) in [5.41, 5.74) is 9.01. The fourth-order valence-electron chi connectivity index (χ4n) is 2.05. The second-order valence-electron chi connectivity index (χ2n) is 4.88. The molecule has 1 aromatic carbocycles. The monoisotopic (exact) mass is 272 g/mol. The maximum absolute atomic E-state index is 12.2. The maximum atomic E-state index is 12.2. The van der Waals surface area contributed by atoms with Crippen LogP contribution in [0.3, 0.4) is 0 Å². The second kappa shape index (κ2) is 5.88. The van der Waals surface area contributed by atoms with Crippen molar-refractivity contribution in [1.82, 2.24) is 9.78 Å². The quantitative estimate of drug-likeness (QED) is 0.896. The minimum atomic E-state index is -0.136. The number of aryl methyl sites for hydroxylation is 2. The summed E-state index contributed by atoms with van der Waals surface area (Å²) >= 11 is 0. The largest absolute Gasteiger partial charge is 0.324 e. The van der Waals surface area contributed by atoms with Crippen molar-refractivity contribution in [2.24, 2.45) is 12.8 Å². The maximum Gasteiger partial charge on any atom is 0.259 e. The number of nitrogens with zero attached hydrogens (tertiary/aromatic N) is 2. The number of carbonyl (C=O) groups excluding carboxylic acids is 1. The van der Waals surface area contributed by atoms with Gasteiger partial charge >= 0.3 is 0 Å². The summed E-state index contributed by atoms with van der Waals surface area (Å²) in [4.78, 5) is 12.2. The molecule has 1 heterocycles. The Morgan fingerprint density at radius 3 is 2.60 bits per heavy atom. The lowest BCUT2D eigenvalue weighted by Gasteiger charge is -2.08. The Labute approximate surface area is 118 Å². The number of amides is 1. The summed E-state index contributed by atoms with van der Waals surface area (Å²) in [6, 6.07) is 7.55. The molecule has 0 bridgehead atoms. The summed E-state index contributed by atoms with van der Waals surface area (Å²) in [7, 11) is 1.81. The molecule has 5 heteroatoms. The van der Waals surface area contributed by atoms with Crippen LogP contribution in [0.25, 0.3) is 0 Å².